The van der Waals surface area contributed by atoms with Gasteiger partial charge in [0.1, 0.15) is 12.0 Å². The van der Waals surface area contributed by atoms with Crippen LogP contribution in [0.1, 0.15) is 25.3 Å². The van der Waals surface area contributed by atoms with E-state index in [-0.39, 0.29) is 12.1 Å². The first-order valence-electron chi connectivity index (χ1n) is 6.78. The third-order valence-corrected chi connectivity index (χ3v) is 3.43. The number of methoxy groups -OCH3 is 1. The van der Waals surface area contributed by atoms with Gasteiger partial charge in [-0.05, 0) is 31.0 Å². The first-order chi connectivity index (χ1) is 9.24. The van der Waals surface area contributed by atoms with E-state index in [9.17, 15) is 4.79 Å². The molecule has 0 spiro atoms. The highest BCUT2D eigenvalue weighted by atomic mass is 16.5. The van der Waals surface area contributed by atoms with Gasteiger partial charge in [-0.2, -0.15) is 0 Å². The van der Waals surface area contributed by atoms with Crippen LogP contribution < -0.4 is 4.74 Å². The Kier molecular flexibility index (Phi) is 4.80. The van der Waals surface area contributed by atoms with Crippen LogP contribution in [0, 0.1) is 0 Å². The van der Waals surface area contributed by atoms with E-state index in [1.165, 1.54) is 5.56 Å². The van der Waals surface area contributed by atoms with Crippen LogP contribution in [0.5, 0.6) is 5.75 Å². The van der Waals surface area contributed by atoms with Crippen molar-refractivity contribution in [3.05, 3.63) is 29.8 Å². The fourth-order valence-corrected chi connectivity index (χ4v) is 2.38. The van der Waals surface area contributed by atoms with E-state index >= 15 is 0 Å². The fourth-order valence-electron chi connectivity index (χ4n) is 2.38. The number of benzene rings is 1. The molecule has 0 radical (unpaired) electrons. The molecule has 1 aliphatic heterocycles. The van der Waals surface area contributed by atoms with Crippen LogP contribution in [-0.4, -0.2) is 37.3 Å². The first-order valence-corrected chi connectivity index (χ1v) is 6.78. The van der Waals surface area contributed by atoms with Crippen molar-refractivity contribution < 1.29 is 14.3 Å². The number of amides is 1. The molecule has 1 aromatic carbocycles. The number of rotatable bonds is 6. The van der Waals surface area contributed by atoms with Gasteiger partial charge in [0.15, 0.2) is 0 Å². The summed E-state index contributed by atoms with van der Waals surface area (Å²) in [5.41, 5.74) is 1.20. The number of ether oxygens (including phenoxy) is 2. The zero-order chi connectivity index (χ0) is 13.7. The lowest BCUT2D eigenvalue weighted by atomic mass is 10.1. The summed E-state index contributed by atoms with van der Waals surface area (Å²) in [6.07, 6.45) is 2.23. The summed E-state index contributed by atoms with van der Waals surface area (Å²) in [5.74, 6) is 1.06. The molecule has 1 unspecified atom stereocenters. The summed E-state index contributed by atoms with van der Waals surface area (Å²) in [6.45, 7) is 3.33. The van der Waals surface area contributed by atoms with Crippen molar-refractivity contribution in [1.82, 2.24) is 4.90 Å². The molecule has 0 saturated carbocycles. The topological polar surface area (TPSA) is 38.8 Å². The molecule has 104 valence electrons. The van der Waals surface area contributed by atoms with E-state index in [4.69, 9.17) is 9.47 Å². The van der Waals surface area contributed by atoms with Gasteiger partial charge >= 0.3 is 0 Å². The van der Waals surface area contributed by atoms with Gasteiger partial charge in [0.25, 0.3) is 0 Å². The Balaban J connectivity index is 1.90. The predicted octanol–water partition coefficient (Wildman–Crippen LogP) is 2.22. The molecule has 2 rings (SSSR count). The van der Waals surface area contributed by atoms with Gasteiger partial charge < -0.3 is 14.4 Å². The average Bonchev–Trinajstić information content (AvgIpc) is 2.78. The number of carbonyl (C=O) groups excluding carboxylic acids is 1. The smallest absolute Gasteiger partial charge is 0.224 e. The van der Waals surface area contributed by atoms with Crippen molar-refractivity contribution in [2.75, 3.05) is 20.3 Å². The van der Waals surface area contributed by atoms with Crippen molar-refractivity contribution >= 4 is 5.91 Å². The Morgan fingerprint density at radius 1 is 1.32 bits per heavy atom. The maximum absolute atomic E-state index is 11.8. The minimum absolute atomic E-state index is 0.0317. The second-order valence-corrected chi connectivity index (χ2v) is 4.63. The van der Waals surface area contributed by atoms with E-state index in [1.54, 1.807) is 7.11 Å². The van der Waals surface area contributed by atoms with Crippen LogP contribution in [0.25, 0.3) is 0 Å². The minimum Gasteiger partial charge on any atom is -0.497 e. The van der Waals surface area contributed by atoms with Gasteiger partial charge in [-0.25, -0.2) is 0 Å². The van der Waals surface area contributed by atoms with Crippen molar-refractivity contribution in [3.8, 4) is 5.75 Å². The van der Waals surface area contributed by atoms with Crippen LogP contribution in [-0.2, 0) is 16.0 Å². The largest absolute Gasteiger partial charge is 0.497 e. The fraction of sp³-hybridized carbons (Fsp3) is 0.533. The SMILES string of the molecule is CCOC1CCC(=O)N1CCc1ccc(OC)cc1. The van der Waals surface area contributed by atoms with Gasteiger partial charge in [-0.1, -0.05) is 12.1 Å². The Bertz CT molecular complexity index is 416. The van der Waals surface area contributed by atoms with E-state index in [1.807, 2.05) is 36.1 Å². The van der Waals surface area contributed by atoms with E-state index in [0.717, 1.165) is 25.1 Å². The lowest BCUT2D eigenvalue weighted by Crippen LogP contribution is -2.36. The van der Waals surface area contributed by atoms with Crippen molar-refractivity contribution in [2.24, 2.45) is 0 Å². The number of hydrogen-bond donors (Lipinski definition) is 0. The molecule has 0 aliphatic carbocycles. The minimum atomic E-state index is -0.0317. The lowest BCUT2D eigenvalue weighted by molar-refractivity contribution is -0.135. The first kappa shape index (κ1) is 13.9. The average molecular weight is 263 g/mol. The van der Waals surface area contributed by atoms with E-state index in [2.05, 4.69) is 0 Å². The standard InChI is InChI=1S/C15H21NO3/c1-3-19-15-9-8-14(17)16(15)11-10-12-4-6-13(18-2)7-5-12/h4-7,15H,3,8-11H2,1-2H3. The Morgan fingerprint density at radius 2 is 2.05 bits per heavy atom. The zero-order valence-electron chi connectivity index (χ0n) is 11.6. The highest BCUT2D eigenvalue weighted by Gasteiger charge is 2.30. The van der Waals surface area contributed by atoms with E-state index in [0.29, 0.717) is 13.0 Å². The highest BCUT2D eigenvalue weighted by Crippen LogP contribution is 2.20. The number of carbonyl (C=O) groups is 1. The molecule has 0 aromatic heterocycles. The molecule has 1 heterocycles. The lowest BCUT2D eigenvalue weighted by Gasteiger charge is -2.24. The normalized spacial score (nSPS) is 18.9. The zero-order valence-corrected chi connectivity index (χ0v) is 11.6. The second-order valence-electron chi connectivity index (χ2n) is 4.63. The summed E-state index contributed by atoms with van der Waals surface area (Å²) in [6, 6.07) is 7.96. The van der Waals surface area contributed by atoms with Crippen LogP contribution in [0.3, 0.4) is 0 Å². The van der Waals surface area contributed by atoms with E-state index < -0.39 is 0 Å². The summed E-state index contributed by atoms with van der Waals surface area (Å²) in [7, 11) is 1.66. The quantitative estimate of drug-likeness (QED) is 0.790. The summed E-state index contributed by atoms with van der Waals surface area (Å²) in [5, 5.41) is 0. The third-order valence-electron chi connectivity index (χ3n) is 3.43. The maximum atomic E-state index is 11.8. The molecule has 4 heteroatoms. The summed E-state index contributed by atoms with van der Waals surface area (Å²) in [4.78, 5) is 13.7. The number of hydrogen-bond acceptors (Lipinski definition) is 3. The molecule has 0 bridgehead atoms. The Morgan fingerprint density at radius 3 is 2.68 bits per heavy atom. The van der Waals surface area contributed by atoms with Crippen LogP contribution in [0.2, 0.25) is 0 Å². The molecular formula is C15H21NO3. The highest BCUT2D eigenvalue weighted by molar-refractivity contribution is 5.78. The molecule has 19 heavy (non-hydrogen) atoms. The predicted molar refractivity (Wildman–Crippen MR) is 73.1 cm³/mol. The molecular weight excluding hydrogens is 242 g/mol. The van der Waals surface area contributed by atoms with Crippen LogP contribution in [0.15, 0.2) is 24.3 Å². The molecule has 1 saturated heterocycles. The Labute approximate surface area is 114 Å². The molecule has 4 nitrogen and oxygen atoms in total. The third kappa shape index (κ3) is 3.47. The van der Waals surface area contributed by atoms with Gasteiger partial charge in [-0.15, -0.1) is 0 Å². The van der Waals surface area contributed by atoms with Crippen LogP contribution in [0.4, 0.5) is 0 Å². The second kappa shape index (κ2) is 6.57. The van der Waals surface area contributed by atoms with Crippen LogP contribution >= 0.6 is 0 Å². The Hall–Kier alpha value is -1.55. The number of likely N-dealkylation sites (tertiary alicyclic amines) is 1. The molecule has 0 N–H and O–H groups in total. The molecule has 1 fully saturated rings. The monoisotopic (exact) mass is 263 g/mol. The number of nitrogens with zero attached hydrogens (tertiary/aromatic N) is 1. The molecule has 1 aliphatic rings. The van der Waals surface area contributed by atoms with Crippen molar-refractivity contribution in [1.29, 1.82) is 0 Å². The van der Waals surface area contributed by atoms with Crippen molar-refractivity contribution in [3.63, 3.8) is 0 Å². The van der Waals surface area contributed by atoms with Gasteiger partial charge in [0.05, 0.1) is 7.11 Å². The maximum Gasteiger partial charge on any atom is 0.224 e. The molecule has 1 amide bonds. The summed E-state index contributed by atoms with van der Waals surface area (Å²) >= 11 is 0. The van der Waals surface area contributed by atoms with Crippen molar-refractivity contribution in [2.45, 2.75) is 32.4 Å². The molecule has 1 aromatic rings. The summed E-state index contributed by atoms with van der Waals surface area (Å²) < 4.78 is 10.7. The molecule has 1 atom stereocenters. The van der Waals surface area contributed by atoms with Gasteiger partial charge in [-0.3, -0.25) is 4.79 Å². The van der Waals surface area contributed by atoms with Gasteiger partial charge in [0.2, 0.25) is 5.91 Å². The van der Waals surface area contributed by atoms with Gasteiger partial charge in [0, 0.05) is 26.0 Å².